The third-order valence-corrected chi connectivity index (χ3v) is 9.55. The van der Waals surface area contributed by atoms with Crippen LogP contribution in [-0.4, -0.2) is 9.13 Å². The first-order valence-electron chi connectivity index (χ1n) is 15.7. The molecule has 0 aliphatic rings. The van der Waals surface area contributed by atoms with E-state index in [-0.39, 0.29) is 0 Å². The summed E-state index contributed by atoms with van der Waals surface area (Å²) >= 11 is 0. The molecule has 0 atom stereocenters. The molecular formula is C43H25N3O. The molecular weight excluding hydrogens is 574 g/mol. The number of nitrogens with zero attached hydrogens (tertiary/aromatic N) is 3. The minimum Gasteiger partial charge on any atom is -0.456 e. The Labute approximate surface area is 269 Å². The number of hydrogen-bond donors (Lipinski definition) is 0. The van der Waals surface area contributed by atoms with Gasteiger partial charge in [0.1, 0.15) is 11.2 Å². The largest absolute Gasteiger partial charge is 0.456 e. The van der Waals surface area contributed by atoms with E-state index in [1.165, 1.54) is 21.5 Å². The van der Waals surface area contributed by atoms with E-state index in [2.05, 4.69) is 149 Å². The van der Waals surface area contributed by atoms with Crippen molar-refractivity contribution in [3.8, 4) is 28.6 Å². The predicted molar refractivity (Wildman–Crippen MR) is 193 cm³/mol. The van der Waals surface area contributed by atoms with Crippen LogP contribution >= 0.6 is 0 Å². The van der Waals surface area contributed by atoms with Crippen molar-refractivity contribution in [2.24, 2.45) is 0 Å². The minimum absolute atomic E-state index is 0.637. The van der Waals surface area contributed by atoms with Gasteiger partial charge in [0.25, 0.3) is 0 Å². The van der Waals surface area contributed by atoms with Crippen LogP contribution in [0, 0.1) is 11.3 Å². The Morgan fingerprint density at radius 3 is 1.72 bits per heavy atom. The Morgan fingerprint density at radius 2 is 1.02 bits per heavy atom. The van der Waals surface area contributed by atoms with Crippen molar-refractivity contribution in [2.45, 2.75) is 0 Å². The number of rotatable bonds is 3. The molecule has 0 amide bonds. The number of hydrogen-bond acceptors (Lipinski definition) is 2. The molecule has 3 heterocycles. The van der Waals surface area contributed by atoms with Gasteiger partial charge in [0, 0.05) is 55.3 Å². The summed E-state index contributed by atoms with van der Waals surface area (Å²) in [7, 11) is 0. The lowest BCUT2D eigenvalue weighted by molar-refractivity contribution is 0.669. The third-order valence-electron chi connectivity index (χ3n) is 9.55. The van der Waals surface area contributed by atoms with Crippen molar-refractivity contribution in [3.63, 3.8) is 0 Å². The number of benzene rings is 7. The van der Waals surface area contributed by atoms with Gasteiger partial charge in [-0.05, 0) is 66.2 Å². The maximum absolute atomic E-state index is 10.3. The maximum atomic E-state index is 10.3. The molecule has 0 bridgehead atoms. The first-order valence-corrected chi connectivity index (χ1v) is 15.7. The van der Waals surface area contributed by atoms with Gasteiger partial charge in [-0.1, -0.05) is 84.9 Å². The van der Waals surface area contributed by atoms with Crippen LogP contribution in [0.25, 0.3) is 88.1 Å². The monoisotopic (exact) mass is 599 g/mol. The van der Waals surface area contributed by atoms with Crippen LogP contribution in [0.15, 0.2) is 156 Å². The Bertz CT molecular complexity index is 2880. The molecule has 0 spiro atoms. The van der Waals surface area contributed by atoms with Crippen LogP contribution in [0.3, 0.4) is 0 Å². The van der Waals surface area contributed by atoms with Gasteiger partial charge < -0.3 is 13.6 Å². The molecule has 0 fully saturated rings. The van der Waals surface area contributed by atoms with Crippen molar-refractivity contribution in [1.29, 1.82) is 5.26 Å². The smallest absolute Gasteiger partial charge is 0.137 e. The summed E-state index contributed by atoms with van der Waals surface area (Å²) in [6, 6.07) is 55.3. The number of para-hydroxylation sites is 4. The highest BCUT2D eigenvalue weighted by molar-refractivity contribution is 6.17. The molecule has 0 saturated carbocycles. The average Bonchev–Trinajstić information content (AvgIpc) is 3.78. The zero-order valence-electron chi connectivity index (χ0n) is 25.2. The summed E-state index contributed by atoms with van der Waals surface area (Å²) < 4.78 is 10.9. The molecule has 0 N–H and O–H groups in total. The molecule has 4 heteroatoms. The Hall–Kier alpha value is -6.57. The quantitative estimate of drug-likeness (QED) is 0.203. The fourth-order valence-corrected chi connectivity index (χ4v) is 7.49. The van der Waals surface area contributed by atoms with Gasteiger partial charge in [0.05, 0.1) is 33.7 Å². The van der Waals surface area contributed by atoms with Crippen molar-refractivity contribution in [3.05, 3.63) is 157 Å². The van der Waals surface area contributed by atoms with Crippen molar-refractivity contribution in [1.82, 2.24) is 9.13 Å². The molecule has 10 aromatic rings. The maximum Gasteiger partial charge on any atom is 0.137 e. The second-order valence-electron chi connectivity index (χ2n) is 12.1. The van der Waals surface area contributed by atoms with Gasteiger partial charge in [-0.25, -0.2) is 0 Å². The highest BCUT2D eigenvalue weighted by Crippen LogP contribution is 2.39. The molecule has 0 aliphatic heterocycles. The number of nitriles is 1. The van der Waals surface area contributed by atoms with Gasteiger partial charge in [0.15, 0.2) is 0 Å². The highest BCUT2D eigenvalue weighted by atomic mass is 16.3. The standard InChI is InChI=1S/C43H25N3O/c44-26-28-20-21-30(45-38-16-5-1-12-31(38)32-13-2-6-17-39(32)45)23-35(28)27-10-9-11-29(22-27)46-40-18-7-3-14-33(40)36-24-37-34-15-4-8-19-42(34)47-43(37)25-41(36)46/h1-25H. The molecule has 7 aromatic carbocycles. The molecule has 3 aromatic heterocycles. The molecule has 4 nitrogen and oxygen atoms in total. The normalized spacial score (nSPS) is 11.8. The summed E-state index contributed by atoms with van der Waals surface area (Å²) in [5.74, 6) is 0. The molecule has 0 aliphatic carbocycles. The number of aromatic nitrogens is 2. The summed E-state index contributed by atoms with van der Waals surface area (Å²) in [5, 5.41) is 17.3. The second-order valence-corrected chi connectivity index (χ2v) is 12.1. The lowest BCUT2D eigenvalue weighted by Gasteiger charge is -2.14. The van der Waals surface area contributed by atoms with Gasteiger partial charge in [-0.3, -0.25) is 0 Å². The first-order chi connectivity index (χ1) is 23.3. The Balaban J connectivity index is 1.20. The van der Waals surface area contributed by atoms with Crippen molar-refractivity contribution in [2.75, 3.05) is 0 Å². The van der Waals surface area contributed by atoms with E-state index in [9.17, 15) is 5.26 Å². The van der Waals surface area contributed by atoms with E-state index in [0.717, 1.165) is 66.5 Å². The van der Waals surface area contributed by atoms with E-state index < -0.39 is 0 Å². The van der Waals surface area contributed by atoms with Gasteiger partial charge in [-0.2, -0.15) is 5.26 Å². The van der Waals surface area contributed by atoms with E-state index >= 15 is 0 Å². The van der Waals surface area contributed by atoms with Crippen LogP contribution in [-0.2, 0) is 0 Å². The summed E-state index contributed by atoms with van der Waals surface area (Å²) in [6.45, 7) is 0. The van der Waals surface area contributed by atoms with E-state index in [1.807, 2.05) is 18.2 Å². The second kappa shape index (κ2) is 9.71. The molecule has 0 saturated heterocycles. The first kappa shape index (κ1) is 25.7. The topological polar surface area (TPSA) is 46.8 Å². The SMILES string of the molecule is N#Cc1ccc(-n2c3ccccc3c3ccccc32)cc1-c1cccc(-n2c3ccccc3c3cc4c(cc32)oc2ccccc24)c1. The molecule has 0 unspecified atom stereocenters. The fourth-order valence-electron chi connectivity index (χ4n) is 7.49. The van der Waals surface area contributed by atoms with Crippen LogP contribution in [0.5, 0.6) is 0 Å². The minimum atomic E-state index is 0.637. The Morgan fingerprint density at radius 1 is 0.426 bits per heavy atom. The summed E-state index contributed by atoms with van der Waals surface area (Å²) in [6.07, 6.45) is 0. The Kier molecular flexibility index (Phi) is 5.32. The lowest BCUT2D eigenvalue weighted by atomic mass is 9.99. The van der Waals surface area contributed by atoms with Crippen molar-refractivity contribution < 1.29 is 4.42 Å². The average molecular weight is 600 g/mol. The van der Waals surface area contributed by atoms with Crippen molar-refractivity contribution >= 4 is 65.6 Å². The zero-order chi connectivity index (χ0) is 31.1. The molecule has 218 valence electrons. The summed E-state index contributed by atoms with van der Waals surface area (Å²) in [5.41, 5.74) is 10.8. The third kappa shape index (κ3) is 3.69. The molecule has 10 rings (SSSR count). The van der Waals surface area contributed by atoms with E-state index in [4.69, 9.17) is 4.42 Å². The van der Waals surface area contributed by atoms with Gasteiger partial charge in [0.2, 0.25) is 0 Å². The lowest BCUT2D eigenvalue weighted by Crippen LogP contribution is -1.97. The van der Waals surface area contributed by atoms with Crippen LogP contribution in [0.2, 0.25) is 0 Å². The van der Waals surface area contributed by atoms with Gasteiger partial charge >= 0.3 is 0 Å². The summed E-state index contributed by atoms with van der Waals surface area (Å²) in [4.78, 5) is 0. The highest BCUT2D eigenvalue weighted by Gasteiger charge is 2.18. The fraction of sp³-hybridized carbons (Fsp3) is 0. The van der Waals surface area contributed by atoms with Crippen LogP contribution < -0.4 is 0 Å². The molecule has 0 radical (unpaired) electrons. The number of furan rings is 1. The van der Waals surface area contributed by atoms with E-state index in [0.29, 0.717) is 5.56 Å². The number of fused-ring (bicyclic) bond motifs is 9. The van der Waals surface area contributed by atoms with E-state index in [1.54, 1.807) is 0 Å². The zero-order valence-corrected chi connectivity index (χ0v) is 25.2. The predicted octanol–water partition coefficient (Wildman–Crippen LogP) is 11.3. The van der Waals surface area contributed by atoms with Crippen LogP contribution in [0.1, 0.15) is 5.56 Å². The van der Waals surface area contributed by atoms with Gasteiger partial charge in [-0.15, -0.1) is 0 Å². The van der Waals surface area contributed by atoms with Crippen LogP contribution in [0.4, 0.5) is 0 Å². The molecule has 47 heavy (non-hydrogen) atoms.